The Morgan fingerprint density at radius 2 is 2.05 bits per heavy atom. The van der Waals surface area contributed by atoms with Gasteiger partial charge in [0, 0.05) is 18.8 Å². The molecule has 3 rings (SSSR count). The van der Waals surface area contributed by atoms with E-state index in [1.54, 1.807) is 0 Å². The summed E-state index contributed by atoms with van der Waals surface area (Å²) in [5.74, 6) is 0. The molecule has 1 aromatic heterocycles. The van der Waals surface area contributed by atoms with Crippen LogP contribution in [0.3, 0.4) is 0 Å². The molecule has 3 nitrogen and oxygen atoms in total. The smallest absolute Gasteiger partial charge is 0.0605 e. The summed E-state index contributed by atoms with van der Waals surface area (Å²) in [4.78, 5) is 4.57. The highest BCUT2D eigenvalue weighted by atomic mass is 16.5. The summed E-state index contributed by atoms with van der Waals surface area (Å²) in [6.07, 6.45) is 12.7. The topological polar surface area (TPSA) is 34.2 Å². The number of aryl methyl sites for hydroxylation is 1. The zero-order valence-electron chi connectivity index (χ0n) is 12.3. The SMILES string of the molecule is c1cnc2c(c1)CCCC2NCCOC1CCCCC1. The number of nitrogens with zero attached hydrogens (tertiary/aromatic N) is 1. The largest absolute Gasteiger partial charge is 0.377 e. The van der Waals surface area contributed by atoms with Crippen LogP contribution < -0.4 is 5.32 Å². The van der Waals surface area contributed by atoms with Gasteiger partial charge in [-0.05, 0) is 43.7 Å². The zero-order chi connectivity index (χ0) is 13.6. The first-order chi connectivity index (χ1) is 9.93. The fourth-order valence-electron chi connectivity index (χ4n) is 3.50. The molecule has 0 bridgehead atoms. The number of nitrogens with one attached hydrogen (secondary N) is 1. The molecule has 110 valence electrons. The molecule has 1 saturated carbocycles. The van der Waals surface area contributed by atoms with Gasteiger partial charge >= 0.3 is 0 Å². The van der Waals surface area contributed by atoms with Crippen LogP contribution in [0.1, 0.15) is 62.2 Å². The predicted octanol–water partition coefficient (Wildman–Crippen LogP) is 3.40. The van der Waals surface area contributed by atoms with E-state index in [0.29, 0.717) is 12.1 Å². The van der Waals surface area contributed by atoms with Crippen LogP contribution in [0.2, 0.25) is 0 Å². The van der Waals surface area contributed by atoms with Gasteiger partial charge in [-0.2, -0.15) is 0 Å². The number of hydrogen-bond acceptors (Lipinski definition) is 3. The molecule has 1 aromatic rings. The summed E-state index contributed by atoms with van der Waals surface area (Å²) in [6.45, 7) is 1.78. The van der Waals surface area contributed by atoms with Gasteiger partial charge in [0.05, 0.1) is 18.4 Å². The van der Waals surface area contributed by atoms with E-state index in [-0.39, 0.29) is 0 Å². The minimum atomic E-state index is 0.426. The molecule has 1 heterocycles. The third-order valence-electron chi connectivity index (χ3n) is 4.59. The maximum Gasteiger partial charge on any atom is 0.0605 e. The molecule has 1 fully saturated rings. The van der Waals surface area contributed by atoms with E-state index in [1.807, 2.05) is 12.3 Å². The minimum absolute atomic E-state index is 0.426. The van der Waals surface area contributed by atoms with Crippen LogP contribution in [-0.4, -0.2) is 24.2 Å². The van der Waals surface area contributed by atoms with Crippen LogP contribution in [0, 0.1) is 0 Å². The highest BCUT2D eigenvalue weighted by Gasteiger charge is 2.20. The zero-order valence-corrected chi connectivity index (χ0v) is 12.3. The third-order valence-corrected chi connectivity index (χ3v) is 4.59. The number of pyridine rings is 1. The average Bonchev–Trinajstić information content (AvgIpc) is 2.53. The van der Waals surface area contributed by atoms with E-state index >= 15 is 0 Å². The molecule has 1 unspecified atom stereocenters. The fourth-order valence-corrected chi connectivity index (χ4v) is 3.50. The Balaban J connectivity index is 1.43. The first-order valence-electron chi connectivity index (χ1n) is 8.22. The van der Waals surface area contributed by atoms with Gasteiger partial charge in [-0.3, -0.25) is 4.98 Å². The second kappa shape index (κ2) is 7.19. The summed E-state index contributed by atoms with van der Waals surface area (Å²) in [6, 6.07) is 4.69. The minimum Gasteiger partial charge on any atom is -0.377 e. The van der Waals surface area contributed by atoms with Crippen molar-refractivity contribution in [2.45, 2.75) is 63.5 Å². The summed E-state index contributed by atoms with van der Waals surface area (Å²) in [5, 5.41) is 3.63. The highest BCUT2D eigenvalue weighted by molar-refractivity contribution is 5.25. The maximum atomic E-state index is 5.98. The summed E-state index contributed by atoms with van der Waals surface area (Å²) in [5.41, 5.74) is 2.68. The van der Waals surface area contributed by atoms with Crippen molar-refractivity contribution < 1.29 is 4.74 Å². The lowest BCUT2D eigenvalue weighted by Crippen LogP contribution is -2.30. The number of aromatic nitrogens is 1. The van der Waals surface area contributed by atoms with Crippen molar-refractivity contribution in [1.29, 1.82) is 0 Å². The lowest BCUT2D eigenvalue weighted by molar-refractivity contribution is 0.0291. The second-order valence-electron chi connectivity index (χ2n) is 6.08. The number of fused-ring (bicyclic) bond motifs is 1. The van der Waals surface area contributed by atoms with E-state index in [2.05, 4.69) is 16.4 Å². The van der Waals surface area contributed by atoms with Crippen LogP contribution in [0.15, 0.2) is 18.3 Å². The van der Waals surface area contributed by atoms with Crippen molar-refractivity contribution in [3.63, 3.8) is 0 Å². The molecule has 0 radical (unpaired) electrons. The van der Waals surface area contributed by atoms with E-state index in [9.17, 15) is 0 Å². The van der Waals surface area contributed by atoms with Crippen molar-refractivity contribution >= 4 is 0 Å². The van der Waals surface area contributed by atoms with Gasteiger partial charge in [0.15, 0.2) is 0 Å². The van der Waals surface area contributed by atoms with E-state index in [1.165, 1.54) is 62.6 Å². The van der Waals surface area contributed by atoms with E-state index in [4.69, 9.17) is 4.74 Å². The molecule has 0 amide bonds. The van der Waals surface area contributed by atoms with Gasteiger partial charge in [0.1, 0.15) is 0 Å². The van der Waals surface area contributed by atoms with Gasteiger partial charge in [0.25, 0.3) is 0 Å². The number of ether oxygens (including phenoxy) is 1. The summed E-state index contributed by atoms with van der Waals surface area (Å²) >= 11 is 0. The Morgan fingerprint density at radius 1 is 1.15 bits per heavy atom. The van der Waals surface area contributed by atoms with Crippen LogP contribution in [0.25, 0.3) is 0 Å². The number of rotatable bonds is 5. The van der Waals surface area contributed by atoms with Crippen molar-refractivity contribution in [1.82, 2.24) is 10.3 Å². The molecule has 0 aliphatic heterocycles. The van der Waals surface area contributed by atoms with Gasteiger partial charge in [-0.1, -0.05) is 25.3 Å². The van der Waals surface area contributed by atoms with Crippen molar-refractivity contribution in [2.24, 2.45) is 0 Å². The second-order valence-corrected chi connectivity index (χ2v) is 6.08. The molecular formula is C17H26N2O. The van der Waals surface area contributed by atoms with Crippen LogP contribution in [0.4, 0.5) is 0 Å². The first kappa shape index (κ1) is 14.0. The van der Waals surface area contributed by atoms with Crippen LogP contribution in [0.5, 0.6) is 0 Å². The van der Waals surface area contributed by atoms with Gasteiger partial charge in [-0.25, -0.2) is 0 Å². The van der Waals surface area contributed by atoms with Gasteiger partial charge in [-0.15, -0.1) is 0 Å². The van der Waals surface area contributed by atoms with E-state index < -0.39 is 0 Å². The van der Waals surface area contributed by atoms with Gasteiger partial charge in [0.2, 0.25) is 0 Å². The van der Waals surface area contributed by atoms with Crippen molar-refractivity contribution in [2.75, 3.05) is 13.2 Å². The quantitative estimate of drug-likeness (QED) is 0.836. The van der Waals surface area contributed by atoms with E-state index in [0.717, 1.165) is 13.2 Å². The lowest BCUT2D eigenvalue weighted by atomic mass is 9.92. The molecule has 0 aromatic carbocycles. The molecule has 20 heavy (non-hydrogen) atoms. The monoisotopic (exact) mass is 274 g/mol. The summed E-state index contributed by atoms with van der Waals surface area (Å²) in [7, 11) is 0. The maximum absolute atomic E-state index is 5.98. The standard InChI is InChI=1S/C17H26N2O/c1-2-8-15(9-3-1)20-13-12-18-16-10-4-6-14-7-5-11-19-17(14)16/h5,7,11,15-16,18H,1-4,6,8-10,12-13H2. The molecule has 3 heteroatoms. The number of hydrogen-bond donors (Lipinski definition) is 1. The molecule has 1 N–H and O–H groups in total. The Labute approximate surface area is 122 Å². The Bertz CT molecular complexity index is 415. The molecule has 0 saturated heterocycles. The van der Waals surface area contributed by atoms with Crippen LogP contribution >= 0.6 is 0 Å². The molecule has 2 aliphatic carbocycles. The first-order valence-corrected chi connectivity index (χ1v) is 8.22. The Hall–Kier alpha value is -0.930. The average molecular weight is 274 g/mol. The predicted molar refractivity (Wildman–Crippen MR) is 80.7 cm³/mol. The highest BCUT2D eigenvalue weighted by Crippen LogP contribution is 2.27. The van der Waals surface area contributed by atoms with Crippen LogP contribution in [-0.2, 0) is 11.2 Å². The molecule has 1 atom stereocenters. The lowest BCUT2D eigenvalue weighted by Gasteiger charge is -2.26. The fraction of sp³-hybridized carbons (Fsp3) is 0.706. The van der Waals surface area contributed by atoms with Gasteiger partial charge < -0.3 is 10.1 Å². The van der Waals surface area contributed by atoms with Crippen molar-refractivity contribution in [3.05, 3.63) is 29.6 Å². The molecular weight excluding hydrogens is 248 g/mol. The summed E-state index contributed by atoms with van der Waals surface area (Å²) < 4.78 is 5.98. The third kappa shape index (κ3) is 3.58. The normalized spacial score (nSPS) is 23.5. The Kier molecular flexibility index (Phi) is 5.04. The van der Waals surface area contributed by atoms with Crippen molar-refractivity contribution in [3.8, 4) is 0 Å². The Morgan fingerprint density at radius 3 is 2.95 bits per heavy atom. The molecule has 0 spiro atoms. The molecule has 2 aliphatic rings.